The number of nitrogens with two attached hydrogens (primary N) is 1. The number of nitrogen functional groups attached to an aromatic ring is 1. The van der Waals surface area contributed by atoms with Crippen molar-refractivity contribution in [3.8, 4) is 5.75 Å². The van der Waals surface area contributed by atoms with Crippen molar-refractivity contribution >= 4 is 35.2 Å². The van der Waals surface area contributed by atoms with Crippen LogP contribution in [0.4, 0.5) is 16.2 Å². The van der Waals surface area contributed by atoms with Crippen LogP contribution in [-0.4, -0.2) is 54.7 Å². The van der Waals surface area contributed by atoms with Crippen LogP contribution in [0.1, 0.15) is 12.5 Å². The molecule has 2 aromatic carbocycles. The topological polar surface area (TPSA) is 146 Å². The van der Waals surface area contributed by atoms with E-state index in [4.69, 9.17) is 25.7 Å². The molecule has 4 N–H and O–H groups in total. The molecule has 0 radical (unpaired) electrons. The molecule has 0 bridgehead atoms. The number of carbonyl (C=O) groups excluding carboxylic acids is 2. The van der Waals surface area contributed by atoms with Crippen molar-refractivity contribution in [2.75, 3.05) is 29.5 Å². The van der Waals surface area contributed by atoms with Crippen molar-refractivity contribution in [2.24, 2.45) is 5.73 Å². The monoisotopic (exact) mass is 426 g/mol. The van der Waals surface area contributed by atoms with Gasteiger partial charge in [0.1, 0.15) is 24.7 Å². The summed E-state index contributed by atoms with van der Waals surface area (Å²) in [5.74, 6) is -1.35. The first-order chi connectivity index (χ1) is 14.8. The summed E-state index contributed by atoms with van der Waals surface area (Å²) in [5.41, 5.74) is 6.91. The highest BCUT2D eigenvalue weighted by molar-refractivity contribution is 5.97. The predicted octanol–water partition coefficient (Wildman–Crippen LogP) is 1.81. The van der Waals surface area contributed by atoms with Crippen molar-refractivity contribution in [1.29, 1.82) is 5.41 Å². The van der Waals surface area contributed by atoms with Gasteiger partial charge in [-0.3, -0.25) is 24.8 Å². The number of cyclic esters (lactones) is 1. The highest BCUT2D eigenvalue weighted by atomic mass is 16.6. The smallest absolute Gasteiger partial charge is 0.414 e. The maximum Gasteiger partial charge on any atom is 0.414 e. The molecule has 31 heavy (non-hydrogen) atoms. The Balaban J connectivity index is 1.68. The molecule has 3 rings (SSSR count). The van der Waals surface area contributed by atoms with Crippen LogP contribution in [0.15, 0.2) is 48.5 Å². The van der Waals surface area contributed by atoms with Gasteiger partial charge in [0.2, 0.25) is 5.91 Å². The zero-order chi connectivity index (χ0) is 22.5. The predicted molar refractivity (Wildman–Crippen MR) is 113 cm³/mol. The number of hydrogen-bond donors (Lipinski definition) is 3. The Labute approximate surface area is 178 Å². The minimum atomic E-state index is -1.15. The van der Waals surface area contributed by atoms with Crippen LogP contribution < -0.4 is 20.3 Å². The summed E-state index contributed by atoms with van der Waals surface area (Å²) in [6.07, 6.45) is -1.10. The van der Waals surface area contributed by atoms with Crippen LogP contribution in [0, 0.1) is 5.41 Å². The standard InChI is InChI=1S/C21H22N4O6/c1-13(26)24(11-19(27)28)17-4-2-3-5-18(17)30-12-16-10-25(21(29)31-16)15-8-6-14(7-9-15)20(22)23/h2-9,16H,10-12H2,1H3,(H3,22,23)(H,27,28). The van der Waals surface area contributed by atoms with Gasteiger partial charge in [0.15, 0.2) is 6.10 Å². The number of benzene rings is 2. The molecule has 1 fully saturated rings. The third-order valence-electron chi connectivity index (χ3n) is 4.62. The second-order valence-corrected chi connectivity index (χ2v) is 6.85. The fourth-order valence-electron chi connectivity index (χ4n) is 3.13. The number of amides is 2. The van der Waals surface area contributed by atoms with Gasteiger partial charge in [0.25, 0.3) is 0 Å². The molecule has 0 aromatic heterocycles. The quantitative estimate of drug-likeness (QED) is 0.431. The summed E-state index contributed by atoms with van der Waals surface area (Å²) in [7, 11) is 0. The van der Waals surface area contributed by atoms with Crippen molar-refractivity contribution in [3.05, 3.63) is 54.1 Å². The van der Waals surface area contributed by atoms with Crippen molar-refractivity contribution < 1.29 is 29.0 Å². The first-order valence-corrected chi connectivity index (χ1v) is 9.40. The van der Waals surface area contributed by atoms with Gasteiger partial charge in [-0.1, -0.05) is 12.1 Å². The van der Waals surface area contributed by atoms with E-state index < -0.39 is 30.6 Å². The zero-order valence-corrected chi connectivity index (χ0v) is 16.8. The number of ether oxygens (including phenoxy) is 2. The molecule has 10 heteroatoms. The second-order valence-electron chi connectivity index (χ2n) is 6.85. The lowest BCUT2D eigenvalue weighted by Crippen LogP contribution is -2.34. The summed E-state index contributed by atoms with van der Waals surface area (Å²) in [6, 6.07) is 13.2. The van der Waals surface area contributed by atoms with Crippen LogP contribution in [0.2, 0.25) is 0 Å². The number of hydrogen-bond acceptors (Lipinski definition) is 6. The van der Waals surface area contributed by atoms with Gasteiger partial charge in [-0.15, -0.1) is 0 Å². The molecule has 0 spiro atoms. The Morgan fingerprint density at radius 2 is 1.94 bits per heavy atom. The second kappa shape index (κ2) is 9.16. The number of anilines is 2. The highest BCUT2D eigenvalue weighted by Gasteiger charge is 2.33. The summed E-state index contributed by atoms with van der Waals surface area (Å²) < 4.78 is 11.1. The normalized spacial score (nSPS) is 15.3. The van der Waals surface area contributed by atoms with Crippen LogP contribution >= 0.6 is 0 Å². The third kappa shape index (κ3) is 5.10. The Morgan fingerprint density at radius 3 is 2.55 bits per heavy atom. The van der Waals surface area contributed by atoms with Gasteiger partial charge in [-0.25, -0.2) is 4.79 Å². The SMILES string of the molecule is CC(=O)N(CC(=O)O)c1ccccc1OCC1CN(c2ccc(C(=N)N)cc2)C(=O)O1. The van der Waals surface area contributed by atoms with Gasteiger partial charge in [-0.2, -0.15) is 0 Å². The molecule has 1 aliphatic rings. The van der Waals surface area contributed by atoms with Crippen LogP contribution in [-0.2, 0) is 14.3 Å². The van der Waals surface area contributed by atoms with Crippen molar-refractivity contribution in [2.45, 2.75) is 13.0 Å². The largest absolute Gasteiger partial charge is 0.487 e. The van der Waals surface area contributed by atoms with Gasteiger partial charge < -0.3 is 20.3 Å². The summed E-state index contributed by atoms with van der Waals surface area (Å²) in [4.78, 5) is 37.8. The minimum Gasteiger partial charge on any atom is -0.487 e. The van der Waals surface area contributed by atoms with Gasteiger partial charge in [-0.05, 0) is 36.4 Å². The molecule has 1 heterocycles. The van der Waals surface area contributed by atoms with E-state index in [-0.39, 0.29) is 19.0 Å². The van der Waals surface area contributed by atoms with E-state index in [0.29, 0.717) is 22.7 Å². The lowest BCUT2D eigenvalue weighted by Gasteiger charge is -2.22. The van der Waals surface area contributed by atoms with Gasteiger partial charge >= 0.3 is 12.1 Å². The van der Waals surface area contributed by atoms with Gasteiger partial charge in [0, 0.05) is 18.2 Å². The number of carboxylic acids is 1. The van der Waals surface area contributed by atoms with E-state index in [9.17, 15) is 14.4 Å². The Morgan fingerprint density at radius 1 is 1.26 bits per heavy atom. The molecule has 10 nitrogen and oxygen atoms in total. The molecule has 1 atom stereocenters. The number of nitrogens with one attached hydrogen (secondary N) is 1. The van der Waals surface area contributed by atoms with E-state index in [1.165, 1.54) is 11.8 Å². The van der Waals surface area contributed by atoms with E-state index >= 15 is 0 Å². The molecular weight excluding hydrogens is 404 g/mol. The first-order valence-electron chi connectivity index (χ1n) is 9.40. The molecule has 2 aromatic rings. The molecular formula is C21H22N4O6. The Kier molecular flexibility index (Phi) is 6.39. The number of nitrogens with zero attached hydrogens (tertiary/aromatic N) is 2. The summed E-state index contributed by atoms with van der Waals surface area (Å²) in [5, 5.41) is 16.5. The van der Waals surface area contributed by atoms with E-state index in [1.54, 1.807) is 48.5 Å². The molecule has 0 saturated carbocycles. The number of carbonyl (C=O) groups is 3. The Hall–Kier alpha value is -4.08. The van der Waals surface area contributed by atoms with Crippen molar-refractivity contribution in [1.82, 2.24) is 0 Å². The number of carboxylic acid groups (broad SMARTS) is 1. The van der Waals surface area contributed by atoms with E-state index in [2.05, 4.69) is 0 Å². The van der Waals surface area contributed by atoms with Crippen LogP contribution in [0.25, 0.3) is 0 Å². The molecule has 162 valence electrons. The molecule has 1 aliphatic heterocycles. The van der Waals surface area contributed by atoms with E-state index in [0.717, 1.165) is 4.90 Å². The fourth-order valence-corrected chi connectivity index (χ4v) is 3.13. The van der Waals surface area contributed by atoms with Crippen LogP contribution in [0.5, 0.6) is 5.75 Å². The fraction of sp³-hybridized carbons (Fsp3) is 0.238. The molecule has 1 saturated heterocycles. The van der Waals surface area contributed by atoms with Gasteiger partial charge in [0.05, 0.1) is 12.2 Å². The molecule has 2 amide bonds. The van der Waals surface area contributed by atoms with Crippen molar-refractivity contribution in [3.63, 3.8) is 0 Å². The highest BCUT2D eigenvalue weighted by Crippen LogP contribution is 2.29. The lowest BCUT2D eigenvalue weighted by atomic mass is 10.2. The average Bonchev–Trinajstić information content (AvgIpc) is 3.11. The lowest BCUT2D eigenvalue weighted by molar-refractivity contribution is -0.136. The summed E-state index contributed by atoms with van der Waals surface area (Å²) in [6.45, 7) is 1.03. The first kappa shape index (κ1) is 21.6. The number of amidine groups is 1. The zero-order valence-electron chi connectivity index (χ0n) is 16.8. The molecule has 0 aliphatic carbocycles. The third-order valence-corrected chi connectivity index (χ3v) is 4.62. The van der Waals surface area contributed by atoms with E-state index in [1.807, 2.05) is 0 Å². The maximum atomic E-state index is 12.3. The van der Waals surface area contributed by atoms with Crippen LogP contribution in [0.3, 0.4) is 0 Å². The number of aliphatic carboxylic acids is 1. The summed E-state index contributed by atoms with van der Waals surface area (Å²) >= 11 is 0. The number of rotatable bonds is 8. The number of para-hydroxylation sites is 2. The molecule has 1 unspecified atom stereocenters. The minimum absolute atomic E-state index is 0.0175. The Bertz CT molecular complexity index is 1010. The average molecular weight is 426 g/mol. The maximum absolute atomic E-state index is 12.3.